The summed E-state index contributed by atoms with van der Waals surface area (Å²) in [5, 5.41) is 13.3. The van der Waals surface area contributed by atoms with E-state index in [0.29, 0.717) is 25.7 Å². The molecule has 0 aliphatic rings. The maximum Gasteiger partial charge on any atom is 0.355 e. The van der Waals surface area contributed by atoms with Crippen molar-refractivity contribution in [3.8, 4) is 0 Å². The molecule has 2 aromatic rings. The van der Waals surface area contributed by atoms with E-state index in [1.54, 1.807) is 13.0 Å². The third kappa shape index (κ3) is 2.83. The second-order valence-corrected chi connectivity index (χ2v) is 5.90. The highest BCUT2D eigenvalue weighted by Crippen LogP contribution is 2.36. The number of carboxylic acids is 1. The van der Waals surface area contributed by atoms with Crippen LogP contribution in [0.1, 0.15) is 20.9 Å². The molecule has 0 radical (unpaired) electrons. The Balaban J connectivity index is 2.39. The molecule has 0 unspecified atom stereocenters. The van der Waals surface area contributed by atoms with Crippen LogP contribution in [0, 0.1) is 13.8 Å². The topological polar surface area (TPSA) is 62.2 Å². The fourth-order valence-corrected chi connectivity index (χ4v) is 2.80. The van der Waals surface area contributed by atoms with E-state index in [0.717, 1.165) is 5.56 Å². The summed E-state index contributed by atoms with van der Waals surface area (Å²) in [6, 6.07) is 3.54. The molecule has 0 amide bonds. The molecule has 0 saturated heterocycles. The van der Waals surface area contributed by atoms with Crippen LogP contribution in [-0.2, 0) is 0 Å². The number of hydrogen-bond donors (Lipinski definition) is 2. The maximum atomic E-state index is 10.9. The van der Waals surface area contributed by atoms with Crippen LogP contribution in [0.2, 0.25) is 10.0 Å². The molecule has 0 bridgehead atoms. The fourth-order valence-electron chi connectivity index (χ4n) is 1.53. The minimum Gasteiger partial charge on any atom is -0.476 e. The third-order valence-corrected chi connectivity index (χ3v) is 4.20. The van der Waals surface area contributed by atoms with E-state index in [-0.39, 0.29) is 5.69 Å². The lowest BCUT2D eigenvalue weighted by molar-refractivity contribution is 0.0690. The van der Waals surface area contributed by atoms with Crippen molar-refractivity contribution in [3.05, 3.63) is 38.3 Å². The number of carboxylic acid groups (broad SMARTS) is 1. The van der Waals surface area contributed by atoms with Gasteiger partial charge in [-0.05, 0) is 25.5 Å². The summed E-state index contributed by atoms with van der Waals surface area (Å²) in [5.74, 6) is -1.05. The number of aromatic carboxylic acids is 1. The van der Waals surface area contributed by atoms with E-state index in [1.807, 2.05) is 13.0 Å². The zero-order chi connectivity index (χ0) is 14.2. The molecule has 1 heterocycles. The van der Waals surface area contributed by atoms with Crippen molar-refractivity contribution in [2.45, 2.75) is 13.8 Å². The van der Waals surface area contributed by atoms with Crippen LogP contribution in [0.15, 0.2) is 12.1 Å². The van der Waals surface area contributed by atoms with Gasteiger partial charge in [0.15, 0.2) is 10.8 Å². The molecule has 2 rings (SSSR count). The van der Waals surface area contributed by atoms with Crippen molar-refractivity contribution < 1.29 is 9.90 Å². The summed E-state index contributed by atoms with van der Waals surface area (Å²) in [6.45, 7) is 3.56. The van der Waals surface area contributed by atoms with E-state index >= 15 is 0 Å². The summed E-state index contributed by atoms with van der Waals surface area (Å²) in [4.78, 5) is 15.6. The van der Waals surface area contributed by atoms with Crippen LogP contribution < -0.4 is 5.32 Å². The summed E-state index contributed by atoms with van der Waals surface area (Å²) < 4.78 is 0. The monoisotopic (exact) mass is 316 g/mol. The number of carbonyl (C=O) groups is 1. The second kappa shape index (κ2) is 5.36. The highest BCUT2D eigenvalue weighted by Gasteiger charge is 2.16. The highest BCUT2D eigenvalue weighted by molar-refractivity contribution is 7.15. The van der Waals surface area contributed by atoms with Gasteiger partial charge >= 0.3 is 5.97 Å². The lowest BCUT2D eigenvalue weighted by atomic mass is 10.2. The van der Waals surface area contributed by atoms with Crippen molar-refractivity contribution in [1.82, 2.24) is 4.98 Å². The molecule has 1 aromatic heterocycles. The number of anilines is 2. The van der Waals surface area contributed by atoms with E-state index in [2.05, 4.69) is 10.3 Å². The summed E-state index contributed by atoms with van der Waals surface area (Å²) in [5.41, 5.74) is 1.45. The smallest absolute Gasteiger partial charge is 0.355 e. The van der Waals surface area contributed by atoms with Crippen molar-refractivity contribution in [3.63, 3.8) is 0 Å². The number of thiazole rings is 1. The number of benzene rings is 1. The second-order valence-electron chi connectivity index (χ2n) is 3.91. The summed E-state index contributed by atoms with van der Waals surface area (Å²) >= 11 is 13.5. The molecule has 100 valence electrons. The van der Waals surface area contributed by atoms with Gasteiger partial charge in [0.25, 0.3) is 0 Å². The van der Waals surface area contributed by atoms with Crippen molar-refractivity contribution in [2.24, 2.45) is 0 Å². The standard InChI is InChI=1S/C12H10Cl2N2O2S/c1-5-3-4-7(13)10(8(5)14)16-12-15-9(11(17)18)6(2)19-12/h3-4H,1-2H3,(H,15,16)(H,17,18). The molecular weight excluding hydrogens is 307 g/mol. The molecular formula is C12H10Cl2N2O2S. The van der Waals surface area contributed by atoms with Crippen LogP contribution in [0.4, 0.5) is 10.8 Å². The number of nitrogens with one attached hydrogen (secondary N) is 1. The van der Waals surface area contributed by atoms with Gasteiger partial charge in [-0.1, -0.05) is 29.3 Å². The number of nitrogens with zero attached hydrogens (tertiary/aromatic N) is 1. The minimum atomic E-state index is -1.05. The molecule has 2 N–H and O–H groups in total. The molecule has 0 saturated carbocycles. The van der Waals surface area contributed by atoms with Crippen LogP contribution >= 0.6 is 34.5 Å². The van der Waals surface area contributed by atoms with Crippen molar-refractivity contribution in [1.29, 1.82) is 0 Å². The van der Waals surface area contributed by atoms with Gasteiger partial charge in [-0.3, -0.25) is 0 Å². The van der Waals surface area contributed by atoms with Crippen molar-refractivity contribution in [2.75, 3.05) is 5.32 Å². The fraction of sp³-hybridized carbons (Fsp3) is 0.167. The van der Waals surface area contributed by atoms with Crippen LogP contribution in [0.25, 0.3) is 0 Å². The Morgan fingerprint density at radius 1 is 1.37 bits per heavy atom. The van der Waals surface area contributed by atoms with E-state index in [9.17, 15) is 4.79 Å². The first kappa shape index (κ1) is 14.1. The number of aromatic nitrogens is 1. The van der Waals surface area contributed by atoms with Crippen molar-refractivity contribution >= 4 is 51.3 Å². The van der Waals surface area contributed by atoms with Crippen LogP contribution in [-0.4, -0.2) is 16.1 Å². The first-order chi connectivity index (χ1) is 8.90. The normalized spacial score (nSPS) is 10.5. The number of rotatable bonds is 3. The predicted octanol–water partition coefficient (Wildman–Crippen LogP) is 4.51. The Hall–Kier alpha value is -1.30. The van der Waals surface area contributed by atoms with Gasteiger partial charge in [0.1, 0.15) is 0 Å². The van der Waals surface area contributed by atoms with Gasteiger partial charge in [-0.15, -0.1) is 11.3 Å². The Labute approximate surface area is 124 Å². The Morgan fingerprint density at radius 3 is 2.63 bits per heavy atom. The van der Waals surface area contributed by atoms with E-state index < -0.39 is 5.97 Å². The number of hydrogen-bond acceptors (Lipinski definition) is 4. The molecule has 7 heteroatoms. The summed E-state index contributed by atoms with van der Waals surface area (Å²) in [6.07, 6.45) is 0. The molecule has 1 aromatic carbocycles. The number of halogens is 2. The lowest BCUT2D eigenvalue weighted by Gasteiger charge is -2.09. The van der Waals surface area contributed by atoms with Gasteiger partial charge in [-0.2, -0.15) is 0 Å². The third-order valence-electron chi connectivity index (χ3n) is 2.52. The number of aryl methyl sites for hydroxylation is 2. The molecule has 0 aliphatic heterocycles. The van der Waals surface area contributed by atoms with E-state index in [1.165, 1.54) is 11.3 Å². The SMILES string of the molecule is Cc1ccc(Cl)c(Nc2nc(C(=O)O)c(C)s2)c1Cl. The van der Waals surface area contributed by atoms with Crippen LogP contribution in [0.5, 0.6) is 0 Å². The first-order valence-corrected chi connectivity index (χ1v) is 6.89. The van der Waals surface area contributed by atoms with Gasteiger partial charge in [0.05, 0.1) is 15.7 Å². The maximum absolute atomic E-state index is 10.9. The minimum absolute atomic E-state index is 0.0346. The van der Waals surface area contributed by atoms with Gasteiger partial charge < -0.3 is 10.4 Å². The Kier molecular flexibility index (Phi) is 3.99. The molecule has 0 aliphatic carbocycles. The van der Waals surface area contributed by atoms with Crippen LogP contribution in [0.3, 0.4) is 0 Å². The molecule has 4 nitrogen and oxygen atoms in total. The molecule has 0 fully saturated rings. The van der Waals surface area contributed by atoms with Gasteiger partial charge in [-0.25, -0.2) is 9.78 Å². The van der Waals surface area contributed by atoms with Gasteiger partial charge in [0, 0.05) is 4.88 Å². The summed E-state index contributed by atoms with van der Waals surface area (Å²) in [7, 11) is 0. The quantitative estimate of drug-likeness (QED) is 0.874. The highest BCUT2D eigenvalue weighted by atomic mass is 35.5. The zero-order valence-corrected chi connectivity index (χ0v) is 12.4. The largest absolute Gasteiger partial charge is 0.476 e. The van der Waals surface area contributed by atoms with Gasteiger partial charge in [0.2, 0.25) is 0 Å². The predicted molar refractivity (Wildman–Crippen MR) is 78.3 cm³/mol. The lowest BCUT2D eigenvalue weighted by Crippen LogP contribution is -1.99. The average molecular weight is 317 g/mol. The molecule has 0 atom stereocenters. The average Bonchev–Trinajstić information content (AvgIpc) is 2.71. The Morgan fingerprint density at radius 2 is 2.05 bits per heavy atom. The zero-order valence-electron chi connectivity index (χ0n) is 10.1. The first-order valence-electron chi connectivity index (χ1n) is 5.32. The molecule has 0 spiro atoms. The Bertz CT molecular complexity index is 655. The molecule has 19 heavy (non-hydrogen) atoms. The van der Waals surface area contributed by atoms with E-state index in [4.69, 9.17) is 28.3 Å².